The zero-order chi connectivity index (χ0) is 24.6. The molecule has 0 fully saturated rings. The lowest BCUT2D eigenvalue weighted by atomic mass is 10.1. The summed E-state index contributed by atoms with van der Waals surface area (Å²) in [6.07, 6.45) is 0. The quantitative estimate of drug-likeness (QED) is 0.241. The van der Waals surface area contributed by atoms with E-state index in [2.05, 4.69) is 16.0 Å². The van der Waals surface area contributed by atoms with Crippen molar-refractivity contribution in [2.24, 2.45) is 0 Å². The summed E-state index contributed by atoms with van der Waals surface area (Å²) in [5.41, 5.74) is 5.21. The number of carbonyl (C=O) groups is 2. The van der Waals surface area contributed by atoms with E-state index < -0.39 is 5.25 Å². The van der Waals surface area contributed by atoms with Gasteiger partial charge in [-0.3, -0.25) is 4.79 Å². The van der Waals surface area contributed by atoms with Gasteiger partial charge in [-0.1, -0.05) is 66.7 Å². The Morgan fingerprint density at radius 2 is 1.17 bits per heavy atom. The Morgan fingerprint density at radius 1 is 0.629 bits per heavy atom. The molecule has 3 amide bonds. The molecule has 35 heavy (non-hydrogen) atoms. The molecule has 0 aromatic heterocycles. The van der Waals surface area contributed by atoms with Crippen LogP contribution in [0.4, 0.5) is 21.9 Å². The minimum Gasteiger partial charge on any atom is -0.324 e. The maximum Gasteiger partial charge on any atom is 0.323 e. The fourth-order valence-electron chi connectivity index (χ4n) is 3.67. The number of hydrogen-bond donors (Lipinski definition) is 3. The van der Waals surface area contributed by atoms with E-state index in [1.54, 1.807) is 0 Å². The van der Waals surface area contributed by atoms with Crippen LogP contribution in [0, 0.1) is 13.8 Å². The van der Waals surface area contributed by atoms with Crippen molar-refractivity contribution in [2.45, 2.75) is 24.0 Å². The van der Waals surface area contributed by atoms with E-state index in [4.69, 9.17) is 0 Å². The Labute approximate surface area is 210 Å². The summed E-state index contributed by atoms with van der Waals surface area (Å²) in [6, 6.07) is 32.2. The Balaban J connectivity index is 1.47. The minimum absolute atomic E-state index is 0.0805. The summed E-state index contributed by atoms with van der Waals surface area (Å²) < 4.78 is 0. The molecule has 4 rings (SSSR count). The molecule has 0 heterocycles. The Hall–Kier alpha value is -4.03. The van der Waals surface area contributed by atoms with Crippen molar-refractivity contribution in [3.63, 3.8) is 0 Å². The van der Waals surface area contributed by atoms with Crippen LogP contribution in [0.3, 0.4) is 0 Å². The van der Waals surface area contributed by atoms with Crippen molar-refractivity contribution in [2.75, 3.05) is 16.0 Å². The van der Waals surface area contributed by atoms with E-state index in [0.717, 1.165) is 33.0 Å². The maximum absolute atomic E-state index is 13.4. The van der Waals surface area contributed by atoms with Gasteiger partial charge in [-0.15, -0.1) is 11.8 Å². The first kappa shape index (κ1) is 24.1. The molecule has 1 unspecified atom stereocenters. The number of aryl methyl sites for hydroxylation is 2. The monoisotopic (exact) mass is 481 g/mol. The Bertz CT molecular complexity index is 1270. The molecule has 1 atom stereocenters. The van der Waals surface area contributed by atoms with Crippen molar-refractivity contribution in [3.8, 4) is 0 Å². The number of rotatable bonds is 7. The SMILES string of the molecule is Cc1cccc(C)c1NC(=O)C(Sc1ccc(NC(=O)Nc2ccccc2)cc1)c1ccccc1. The van der Waals surface area contributed by atoms with Gasteiger partial charge in [0.15, 0.2) is 0 Å². The molecule has 0 radical (unpaired) electrons. The fraction of sp³-hybridized carbons (Fsp3) is 0.103. The average molecular weight is 482 g/mol. The van der Waals surface area contributed by atoms with Gasteiger partial charge in [0.25, 0.3) is 0 Å². The number of hydrogen-bond acceptors (Lipinski definition) is 3. The van der Waals surface area contributed by atoms with Gasteiger partial charge in [-0.25, -0.2) is 4.79 Å². The third-order valence-electron chi connectivity index (χ3n) is 5.47. The smallest absolute Gasteiger partial charge is 0.323 e. The second-order valence-corrected chi connectivity index (χ2v) is 9.31. The zero-order valence-corrected chi connectivity index (χ0v) is 20.4. The summed E-state index contributed by atoms with van der Waals surface area (Å²) in [5.74, 6) is -0.0805. The largest absolute Gasteiger partial charge is 0.324 e. The predicted octanol–water partition coefficient (Wildman–Crippen LogP) is 7.42. The standard InChI is InChI=1S/C29H27N3O2S/c1-20-10-9-11-21(2)26(20)32-28(33)27(22-12-5-3-6-13-22)35-25-18-16-24(17-19-25)31-29(34)30-23-14-7-4-8-15-23/h3-19,27H,1-2H3,(H,32,33)(H2,30,31,34). The summed E-state index contributed by atoms with van der Waals surface area (Å²) in [4.78, 5) is 26.6. The molecule has 0 bridgehead atoms. The highest BCUT2D eigenvalue weighted by atomic mass is 32.2. The van der Waals surface area contributed by atoms with Gasteiger partial charge < -0.3 is 16.0 Å². The fourth-order valence-corrected chi connectivity index (χ4v) is 4.69. The highest BCUT2D eigenvalue weighted by Gasteiger charge is 2.23. The van der Waals surface area contributed by atoms with E-state index in [0.29, 0.717) is 5.69 Å². The van der Waals surface area contributed by atoms with Gasteiger partial charge in [0.2, 0.25) is 5.91 Å². The summed E-state index contributed by atoms with van der Waals surface area (Å²) in [5, 5.41) is 8.33. The zero-order valence-electron chi connectivity index (χ0n) is 19.6. The molecule has 0 aliphatic heterocycles. The van der Waals surface area contributed by atoms with Crippen LogP contribution >= 0.6 is 11.8 Å². The number of thioether (sulfide) groups is 1. The normalized spacial score (nSPS) is 11.4. The highest BCUT2D eigenvalue weighted by Crippen LogP contribution is 2.37. The molecule has 3 N–H and O–H groups in total. The Kier molecular flexibility index (Phi) is 7.85. The molecule has 0 aliphatic carbocycles. The molecule has 0 saturated carbocycles. The minimum atomic E-state index is -0.435. The van der Waals surface area contributed by atoms with Crippen molar-refractivity contribution >= 4 is 40.8 Å². The first-order chi connectivity index (χ1) is 17.0. The number of urea groups is 1. The average Bonchev–Trinajstić information content (AvgIpc) is 2.87. The number of para-hydroxylation sites is 2. The van der Waals surface area contributed by atoms with Gasteiger partial charge in [0.1, 0.15) is 5.25 Å². The van der Waals surface area contributed by atoms with E-state index >= 15 is 0 Å². The van der Waals surface area contributed by atoms with Crippen LogP contribution in [-0.4, -0.2) is 11.9 Å². The van der Waals surface area contributed by atoms with Crippen LogP contribution in [0.5, 0.6) is 0 Å². The van der Waals surface area contributed by atoms with Crippen LogP contribution in [0.1, 0.15) is 21.9 Å². The molecule has 176 valence electrons. The van der Waals surface area contributed by atoms with Crippen LogP contribution < -0.4 is 16.0 Å². The first-order valence-corrected chi connectivity index (χ1v) is 12.2. The van der Waals surface area contributed by atoms with Gasteiger partial charge >= 0.3 is 6.03 Å². The van der Waals surface area contributed by atoms with E-state index in [1.165, 1.54) is 11.8 Å². The molecule has 4 aromatic rings. The summed E-state index contributed by atoms with van der Waals surface area (Å²) >= 11 is 1.47. The number of benzene rings is 4. The second-order valence-electron chi connectivity index (χ2n) is 8.13. The lowest BCUT2D eigenvalue weighted by Gasteiger charge is -2.19. The van der Waals surface area contributed by atoms with Gasteiger partial charge in [-0.05, 0) is 66.9 Å². The lowest BCUT2D eigenvalue weighted by Crippen LogP contribution is -2.20. The van der Waals surface area contributed by atoms with Crippen molar-refractivity contribution in [1.29, 1.82) is 0 Å². The third-order valence-corrected chi connectivity index (χ3v) is 6.73. The van der Waals surface area contributed by atoms with Crippen molar-refractivity contribution < 1.29 is 9.59 Å². The van der Waals surface area contributed by atoms with Gasteiger partial charge in [-0.2, -0.15) is 0 Å². The number of carbonyl (C=O) groups excluding carboxylic acids is 2. The van der Waals surface area contributed by atoms with Gasteiger partial charge in [0.05, 0.1) is 0 Å². The molecular weight excluding hydrogens is 454 g/mol. The van der Waals surface area contributed by atoms with E-state index in [-0.39, 0.29) is 11.9 Å². The van der Waals surface area contributed by atoms with E-state index in [1.807, 2.05) is 117 Å². The van der Waals surface area contributed by atoms with Crippen LogP contribution in [-0.2, 0) is 4.79 Å². The summed E-state index contributed by atoms with van der Waals surface area (Å²) in [6.45, 7) is 3.99. The molecule has 0 spiro atoms. The van der Waals surface area contributed by atoms with Crippen molar-refractivity contribution in [1.82, 2.24) is 0 Å². The van der Waals surface area contributed by atoms with Crippen LogP contribution in [0.25, 0.3) is 0 Å². The Morgan fingerprint density at radius 3 is 1.77 bits per heavy atom. The third kappa shape index (κ3) is 6.52. The number of amides is 3. The summed E-state index contributed by atoms with van der Waals surface area (Å²) in [7, 11) is 0. The molecule has 5 nitrogen and oxygen atoms in total. The first-order valence-electron chi connectivity index (χ1n) is 11.3. The molecule has 4 aromatic carbocycles. The van der Waals surface area contributed by atoms with Crippen molar-refractivity contribution in [3.05, 3.63) is 120 Å². The molecule has 6 heteroatoms. The molecule has 0 aliphatic rings. The topological polar surface area (TPSA) is 70.2 Å². The second kappa shape index (κ2) is 11.4. The maximum atomic E-state index is 13.4. The highest BCUT2D eigenvalue weighted by molar-refractivity contribution is 8.00. The molecule has 0 saturated heterocycles. The predicted molar refractivity (Wildman–Crippen MR) is 145 cm³/mol. The van der Waals surface area contributed by atoms with Crippen LogP contribution in [0.15, 0.2) is 108 Å². The van der Waals surface area contributed by atoms with E-state index in [9.17, 15) is 9.59 Å². The molecular formula is C29H27N3O2S. The van der Waals surface area contributed by atoms with Gasteiger partial charge in [0, 0.05) is 22.0 Å². The van der Waals surface area contributed by atoms with Crippen LogP contribution in [0.2, 0.25) is 0 Å². The number of anilines is 3. The number of nitrogens with one attached hydrogen (secondary N) is 3. The lowest BCUT2D eigenvalue weighted by molar-refractivity contribution is -0.115.